The van der Waals surface area contributed by atoms with Crippen LogP contribution in [0.1, 0.15) is 33.6 Å². The molecule has 5 heteroatoms. The third kappa shape index (κ3) is 3.85. The molecule has 2 aliphatic heterocycles. The zero-order chi connectivity index (χ0) is 13.2. The van der Waals surface area contributed by atoms with Gasteiger partial charge in [-0.2, -0.15) is 0 Å². The average Bonchev–Trinajstić information content (AvgIpc) is 2.15. The highest BCUT2D eigenvalue weighted by Gasteiger charge is 2.31. The molecular formula is C13H24N2O3. The smallest absolute Gasteiger partial charge is 0.407 e. The number of hydrogen-bond donors (Lipinski definition) is 1. The number of hydrogen-bond acceptors (Lipinski definition) is 4. The van der Waals surface area contributed by atoms with Crippen LogP contribution >= 0.6 is 0 Å². The Hall–Kier alpha value is -0.810. The largest absolute Gasteiger partial charge is 0.446 e. The van der Waals surface area contributed by atoms with Gasteiger partial charge in [0.05, 0.1) is 19.3 Å². The van der Waals surface area contributed by atoms with E-state index in [1.165, 1.54) is 0 Å². The van der Waals surface area contributed by atoms with Crippen molar-refractivity contribution in [3.05, 3.63) is 0 Å². The Balaban J connectivity index is 1.68. The molecule has 5 nitrogen and oxygen atoms in total. The number of ether oxygens (including phenoxy) is 2. The number of carbonyl (C=O) groups excluding carboxylic acids is 1. The first kappa shape index (κ1) is 13.6. The lowest BCUT2D eigenvalue weighted by Crippen LogP contribution is -2.53. The van der Waals surface area contributed by atoms with Crippen LogP contribution in [-0.4, -0.2) is 55.0 Å². The van der Waals surface area contributed by atoms with E-state index in [0.29, 0.717) is 6.04 Å². The number of amides is 1. The predicted molar refractivity (Wildman–Crippen MR) is 68.6 cm³/mol. The number of rotatable bonds is 2. The highest BCUT2D eigenvalue weighted by atomic mass is 16.6. The first-order valence-corrected chi connectivity index (χ1v) is 6.74. The monoisotopic (exact) mass is 256 g/mol. The Bertz CT molecular complexity index is 289. The van der Waals surface area contributed by atoms with Gasteiger partial charge >= 0.3 is 6.09 Å². The van der Waals surface area contributed by atoms with Crippen LogP contribution in [0.15, 0.2) is 0 Å². The van der Waals surface area contributed by atoms with Crippen LogP contribution in [0.3, 0.4) is 0 Å². The number of nitrogens with one attached hydrogen (secondary N) is 1. The van der Waals surface area contributed by atoms with Crippen molar-refractivity contribution in [3.63, 3.8) is 0 Å². The standard InChI is InChI=1S/C13H24N2O3/c1-13(2,3)14-12(16)18-11-4-6-15(7-5-11)10-8-17-9-10/h10-11H,4-9H2,1-3H3,(H,14,16). The van der Waals surface area contributed by atoms with Crippen molar-refractivity contribution < 1.29 is 14.3 Å². The predicted octanol–water partition coefficient (Wildman–Crippen LogP) is 1.37. The maximum atomic E-state index is 11.6. The summed E-state index contributed by atoms with van der Waals surface area (Å²) in [6.45, 7) is 9.57. The molecular weight excluding hydrogens is 232 g/mol. The quantitative estimate of drug-likeness (QED) is 0.811. The van der Waals surface area contributed by atoms with Crippen molar-refractivity contribution in [1.29, 1.82) is 0 Å². The summed E-state index contributed by atoms with van der Waals surface area (Å²) in [5.41, 5.74) is -0.235. The molecule has 0 bridgehead atoms. The molecule has 18 heavy (non-hydrogen) atoms. The number of alkyl carbamates (subject to hydrolysis) is 1. The second-order valence-corrected chi connectivity index (χ2v) is 6.21. The molecule has 2 fully saturated rings. The minimum atomic E-state index is -0.298. The molecule has 0 saturated carbocycles. The van der Waals surface area contributed by atoms with Crippen LogP contribution < -0.4 is 5.32 Å². The average molecular weight is 256 g/mol. The van der Waals surface area contributed by atoms with Gasteiger partial charge in [0.1, 0.15) is 6.10 Å². The van der Waals surface area contributed by atoms with E-state index >= 15 is 0 Å². The zero-order valence-corrected chi connectivity index (χ0v) is 11.6. The van der Waals surface area contributed by atoms with Crippen LogP contribution in [0.4, 0.5) is 4.79 Å². The van der Waals surface area contributed by atoms with Crippen molar-refractivity contribution in [2.45, 2.75) is 51.3 Å². The Kier molecular flexibility index (Phi) is 4.12. The number of carbonyl (C=O) groups is 1. The highest BCUT2D eigenvalue weighted by Crippen LogP contribution is 2.19. The molecule has 2 heterocycles. The second kappa shape index (κ2) is 5.45. The molecule has 0 aromatic carbocycles. The van der Waals surface area contributed by atoms with Crippen molar-refractivity contribution in [2.75, 3.05) is 26.3 Å². The lowest BCUT2D eigenvalue weighted by molar-refractivity contribution is -0.0804. The van der Waals surface area contributed by atoms with E-state index in [1.54, 1.807) is 0 Å². The maximum Gasteiger partial charge on any atom is 0.407 e. The van der Waals surface area contributed by atoms with Crippen LogP contribution in [0, 0.1) is 0 Å². The molecule has 2 saturated heterocycles. The van der Waals surface area contributed by atoms with E-state index in [9.17, 15) is 4.79 Å². The van der Waals surface area contributed by atoms with E-state index < -0.39 is 0 Å². The normalized spacial score (nSPS) is 23.5. The molecule has 2 rings (SSSR count). The minimum absolute atomic E-state index is 0.0598. The van der Waals surface area contributed by atoms with Crippen molar-refractivity contribution in [3.8, 4) is 0 Å². The fourth-order valence-corrected chi connectivity index (χ4v) is 2.28. The van der Waals surface area contributed by atoms with E-state index in [4.69, 9.17) is 9.47 Å². The first-order chi connectivity index (χ1) is 8.44. The molecule has 104 valence electrons. The lowest BCUT2D eigenvalue weighted by Gasteiger charge is -2.41. The van der Waals surface area contributed by atoms with Gasteiger partial charge in [0.15, 0.2) is 0 Å². The summed E-state index contributed by atoms with van der Waals surface area (Å²) in [6.07, 6.45) is 1.61. The fourth-order valence-electron chi connectivity index (χ4n) is 2.28. The molecule has 1 amide bonds. The Morgan fingerprint density at radius 1 is 1.28 bits per heavy atom. The zero-order valence-electron chi connectivity index (χ0n) is 11.6. The van der Waals surface area contributed by atoms with E-state index in [-0.39, 0.29) is 17.7 Å². The fraction of sp³-hybridized carbons (Fsp3) is 0.923. The van der Waals surface area contributed by atoms with Crippen molar-refractivity contribution >= 4 is 6.09 Å². The molecule has 0 spiro atoms. The van der Waals surface area contributed by atoms with Crippen LogP contribution in [0.5, 0.6) is 0 Å². The molecule has 1 N–H and O–H groups in total. The van der Waals surface area contributed by atoms with Gasteiger partial charge in [-0.1, -0.05) is 0 Å². The van der Waals surface area contributed by atoms with E-state index in [1.807, 2.05) is 20.8 Å². The van der Waals surface area contributed by atoms with Gasteiger partial charge in [0.25, 0.3) is 0 Å². The number of likely N-dealkylation sites (tertiary alicyclic amines) is 1. The Morgan fingerprint density at radius 3 is 2.33 bits per heavy atom. The summed E-state index contributed by atoms with van der Waals surface area (Å²) in [5.74, 6) is 0. The second-order valence-electron chi connectivity index (χ2n) is 6.21. The summed E-state index contributed by atoms with van der Waals surface area (Å²) in [4.78, 5) is 14.1. The summed E-state index contributed by atoms with van der Waals surface area (Å²) < 4.78 is 10.6. The van der Waals surface area contributed by atoms with Gasteiger partial charge in [-0.15, -0.1) is 0 Å². The van der Waals surface area contributed by atoms with Gasteiger partial charge < -0.3 is 14.8 Å². The third-order valence-corrected chi connectivity index (χ3v) is 3.36. The molecule has 0 aromatic rings. The van der Waals surface area contributed by atoms with Crippen LogP contribution in [-0.2, 0) is 9.47 Å². The van der Waals surface area contributed by atoms with E-state index in [2.05, 4.69) is 10.2 Å². The SMILES string of the molecule is CC(C)(C)NC(=O)OC1CCN(C2COC2)CC1. The molecule has 2 aliphatic rings. The van der Waals surface area contributed by atoms with Gasteiger partial charge in [0.2, 0.25) is 0 Å². The Morgan fingerprint density at radius 2 is 1.89 bits per heavy atom. The van der Waals surface area contributed by atoms with Crippen LogP contribution in [0.2, 0.25) is 0 Å². The van der Waals surface area contributed by atoms with E-state index in [0.717, 1.165) is 39.1 Å². The minimum Gasteiger partial charge on any atom is -0.446 e. The molecule has 0 radical (unpaired) electrons. The van der Waals surface area contributed by atoms with Gasteiger partial charge in [0, 0.05) is 18.6 Å². The molecule has 0 aromatic heterocycles. The van der Waals surface area contributed by atoms with Crippen LogP contribution in [0.25, 0.3) is 0 Å². The Labute approximate surface area is 109 Å². The molecule has 0 aliphatic carbocycles. The van der Waals surface area contributed by atoms with Gasteiger partial charge in [-0.05, 0) is 33.6 Å². The summed E-state index contributed by atoms with van der Waals surface area (Å²) >= 11 is 0. The first-order valence-electron chi connectivity index (χ1n) is 6.74. The summed E-state index contributed by atoms with van der Waals surface area (Å²) in [6, 6.07) is 0.592. The third-order valence-electron chi connectivity index (χ3n) is 3.36. The summed E-state index contributed by atoms with van der Waals surface area (Å²) in [7, 11) is 0. The topological polar surface area (TPSA) is 50.8 Å². The van der Waals surface area contributed by atoms with Gasteiger partial charge in [-0.3, -0.25) is 4.90 Å². The highest BCUT2D eigenvalue weighted by molar-refractivity contribution is 5.68. The van der Waals surface area contributed by atoms with Crippen molar-refractivity contribution in [1.82, 2.24) is 10.2 Å². The number of piperidine rings is 1. The van der Waals surface area contributed by atoms with Gasteiger partial charge in [-0.25, -0.2) is 4.79 Å². The molecule has 0 atom stereocenters. The molecule has 0 unspecified atom stereocenters. The number of nitrogens with zero attached hydrogens (tertiary/aromatic N) is 1. The maximum absolute atomic E-state index is 11.6. The van der Waals surface area contributed by atoms with Crippen molar-refractivity contribution in [2.24, 2.45) is 0 Å². The summed E-state index contributed by atoms with van der Waals surface area (Å²) in [5, 5.41) is 2.83. The lowest BCUT2D eigenvalue weighted by atomic mass is 10.0.